The zero-order chi connectivity index (χ0) is 32.4. The van der Waals surface area contributed by atoms with E-state index in [-0.39, 0.29) is 34.8 Å². The molecule has 0 bridgehead atoms. The summed E-state index contributed by atoms with van der Waals surface area (Å²) >= 11 is 3.42. The second-order valence-electron chi connectivity index (χ2n) is 10.1. The van der Waals surface area contributed by atoms with Crippen molar-refractivity contribution in [1.82, 2.24) is 10.2 Å². The van der Waals surface area contributed by atoms with Crippen molar-refractivity contribution in [3.05, 3.63) is 76.8 Å². The zero-order valence-corrected chi connectivity index (χ0v) is 28.3. The maximum absolute atomic E-state index is 14.2. The van der Waals surface area contributed by atoms with Crippen molar-refractivity contribution in [2.24, 2.45) is 0 Å². The van der Waals surface area contributed by atoms with Crippen LogP contribution in [0.5, 0.6) is 17.2 Å². The molecule has 0 unspecified atom stereocenters. The average Bonchev–Trinajstić information content (AvgIpc) is 3.02. The van der Waals surface area contributed by atoms with Crippen LogP contribution in [0.3, 0.4) is 0 Å². The van der Waals surface area contributed by atoms with Crippen LogP contribution in [0.1, 0.15) is 39.7 Å². The molecular formula is C32H40BrN3O7S. The molecular weight excluding hydrogens is 650 g/mol. The summed E-state index contributed by atoms with van der Waals surface area (Å²) in [6.45, 7) is 7.28. The van der Waals surface area contributed by atoms with Crippen LogP contribution in [0, 0.1) is 0 Å². The van der Waals surface area contributed by atoms with Gasteiger partial charge in [0.05, 0.1) is 31.4 Å². The number of hydrogen-bond acceptors (Lipinski definition) is 7. The van der Waals surface area contributed by atoms with Gasteiger partial charge < -0.3 is 24.4 Å². The third-order valence-electron chi connectivity index (χ3n) is 7.09. The molecule has 0 aromatic heterocycles. The normalized spacial score (nSPS) is 12.5. The lowest BCUT2D eigenvalue weighted by Gasteiger charge is -2.32. The van der Waals surface area contributed by atoms with Crippen LogP contribution in [0.25, 0.3) is 0 Å². The molecule has 238 valence electrons. The quantitative estimate of drug-likeness (QED) is 0.228. The van der Waals surface area contributed by atoms with Crippen molar-refractivity contribution >= 4 is 43.5 Å². The van der Waals surface area contributed by atoms with E-state index in [1.54, 1.807) is 31.2 Å². The predicted octanol–water partition coefficient (Wildman–Crippen LogP) is 5.39. The summed E-state index contributed by atoms with van der Waals surface area (Å²) in [4.78, 5) is 28.7. The number of carbonyl (C=O) groups excluding carboxylic acids is 2. The molecule has 10 nitrogen and oxygen atoms in total. The minimum Gasteiger partial charge on any atom is -0.494 e. The molecule has 12 heteroatoms. The molecule has 0 radical (unpaired) electrons. The van der Waals surface area contributed by atoms with Crippen molar-refractivity contribution in [2.45, 2.75) is 57.6 Å². The van der Waals surface area contributed by atoms with E-state index in [0.717, 1.165) is 14.3 Å². The van der Waals surface area contributed by atoms with Crippen LogP contribution in [0.2, 0.25) is 0 Å². The van der Waals surface area contributed by atoms with Gasteiger partial charge in [-0.1, -0.05) is 35.0 Å². The summed E-state index contributed by atoms with van der Waals surface area (Å²) in [5.41, 5.74) is 1.02. The van der Waals surface area contributed by atoms with Gasteiger partial charge in [-0.15, -0.1) is 0 Å². The lowest BCUT2D eigenvalue weighted by Crippen LogP contribution is -2.52. The fraction of sp³-hybridized carbons (Fsp3) is 0.375. The minimum absolute atomic E-state index is 0.0920. The van der Waals surface area contributed by atoms with E-state index in [4.69, 9.17) is 14.2 Å². The molecule has 0 fully saturated rings. The Morgan fingerprint density at radius 3 is 2.11 bits per heavy atom. The Bertz CT molecular complexity index is 1520. The Kier molecular flexibility index (Phi) is 12.5. The van der Waals surface area contributed by atoms with E-state index < -0.39 is 28.5 Å². The first-order valence-corrected chi connectivity index (χ1v) is 16.5. The van der Waals surface area contributed by atoms with Crippen LogP contribution in [0.4, 0.5) is 5.69 Å². The SMILES string of the molecule is CCOc1ccc(N(CC(=O)N(Cc2ccc(Br)cc2)[C@@H](C)C(=O)N[C@H](C)CC)S(=O)(=O)c2ccc(OC)c(OC)c2)cc1. The molecule has 3 rings (SSSR count). The van der Waals surface area contributed by atoms with Crippen LogP contribution in [0.15, 0.2) is 76.1 Å². The molecule has 3 aromatic carbocycles. The number of rotatable bonds is 15. The predicted molar refractivity (Wildman–Crippen MR) is 174 cm³/mol. The van der Waals surface area contributed by atoms with Gasteiger partial charge in [0.1, 0.15) is 18.3 Å². The zero-order valence-electron chi connectivity index (χ0n) is 25.9. The number of amides is 2. The van der Waals surface area contributed by atoms with Gasteiger partial charge in [-0.05, 0) is 81.3 Å². The monoisotopic (exact) mass is 689 g/mol. The second-order valence-corrected chi connectivity index (χ2v) is 12.9. The third-order valence-corrected chi connectivity index (χ3v) is 9.39. The molecule has 44 heavy (non-hydrogen) atoms. The maximum Gasteiger partial charge on any atom is 0.264 e. The van der Waals surface area contributed by atoms with Crippen molar-refractivity contribution in [3.8, 4) is 17.2 Å². The number of sulfonamides is 1. The number of nitrogens with one attached hydrogen (secondary N) is 1. The molecule has 0 spiro atoms. The number of benzene rings is 3. The number of nitrogens with zero attached hydrogens (tertiary/aromatic N) is 2. The van der Waals surface area contributed by atoms with E-state index >= 15 is 0 Å². The maximum atomic E-state index is 14.2. The van der Waals surface area contributed by atoms with Gasteiger partial charge in [0.25, 0.3) is 10.0 Å². The highest BCUT2D eigenvalue weighted by atomic mass is 79.9. The highest BCUT2D eigenvalue weighted by Crippen LogP contribution is 2.33. The van der Waals surface area contributed by atoms with Gasteiger partial charge in [0, 0.05) is 23.1 Å². The van der Waals surface area contributed by atoms with Gasteiger partial charge in [0.15, 0.2) is 11.5 Å². The van der Waals surface area contributed by atoms with Crippen molar-refractivity contribution in [2.75, 3.05) is 31.7 Å². The highest BCUT2D eigenvalue weighted by molar-refractivity contribution is 9.10. The minimum atomic E-state index is -4.31. The van der Waals surface area contributed by atoms with E-state index in [2.05, 4.69) is 21.2 Å². The van der Waals surface area contributed by atoms with Gasteiger partial charge in [-0.3, -0.25) is 13.9 Å². The molecule has 0 saturated carbocycles. The first kappa shape index (κ1) is 34.7. The molecule has 0 aliphatic heterocycles. The number of halogens is 1. The van der Waals surface area contributed by atoms with E-state index in [1.807, 2.05) is 45.0 Å². The fourth-order valence-electron chi connectivity index (χ4n) is 4.34. The molecule has 2 atom stereocenters. The summed E-state index contributed by atoms with van der Waals surface area (Å²) in [5, 5.41) is 2.93. The smallest absolute Gasteiger partial charge is 0.264 e. The number of methoxy groups -OCH3 is 2. The average molecular weight is 691 g/mol. The summed E-state index contributed by atoms with van der Waals surface area (Å²) in [5.74, 6) is 0.242. The third kappa shape index (κ3) is 8.66. The summed E-state index contributed by atoms with van der Waals surface area (Å²) in [6, 6.07) is 17.1. The lowest BCUT2D eigenvalue weighted by molar-refractivity contribution is -0.139. The van der Waals surface area contributed by atoms with E-state index in [9.17, 15) is 18.0 Å². The van der Waals surface area contributed by atoms with Crippen molar-refractivity contribution < 1.29 is 32.2 Å². The van der Waals surface area contributed by atoms with Crippen LogP contribution >= 0.6 is 15.9 Å². The standard InChI is InChI=1S/C32H40BrN3O7S/c1-7-22(3)34-32(38)23(4)35(20-24-9-11-25(33)12-10-24)31(37)21-36(26-13-15-27(16-14-26)43-8-2)44(39,40)28-17-18-29(41-5)30(19-28)42-6/h9-19,22-23H,7-8,20-21H2,1-6H3,(H,34,38)/t22-,23+/m1/s1. The first-order chi connectivity index (χ1) is 20.9. The first-order valence-electron chi connectivity index (χ1n) is 14.3. The van der Waals surface area contributed by atoms with Crippen LogP contribution < -0.4 is 23.8 Å². The Labute approximate surface area is 268 Å². The molecule has 1 N–H and O–H groups in total. The summed E-state index contributed by atoms with van der Waals surface area (Å²) in [6.07, 6.45) is 0.716. The summed E-state index contributed by atoms with van der Waals surface area (Å²) < 4.78 is 46.4. The van der Waals surface area contributed by atoms with Crippen molar-refractivity contribution in [1.29, 1.82) is 0 Å². The number of ether oxygens (including phenoxy) is 3. The molecule has 0 aliphatic carbocycles. The fourth-order valence-corrected chi connectivity index (χ4v) is 6.04. The molecule has 0 aliphatic rings. The number of carbonyl (C=O) groups is 2. The van der Waals surface area contributed by atoms with Gasteiger partial charge in [-0.25, -0.2) is 8.42 Å². The molecule has 2 amide bonds. The van der Waals surface area contributed by atoms with Gasteiger partial charge in [0.2, 0.25) is 11.8 Å². The van der Waals surface area contributed by atoms with Crippen LogP contribution in [-0.4, -0.2) is 64.6 Å². The second kappa shape index (κ2) is 15.8. The Balaban J connectivity index is 2.07. The largest absolute Gasteiger partial charge is 0.494 e. The number of anilines is 1. The lowest BCUT2D eigenvalue weighted by atomic mass is 10.1. The Hall–Kier alpha value is -3.77. The van der Waals surface area contributed by atoms with Gasteiger partial charge >= 0.3 is 0 Å². The van der Waals surface area contributed by atoms with Crippen LogP contribution in [-0.2, 0) is 26.2 Å². The van der Waals surface area contributed by atoms with E-state index in [1.165, 1.54) is 37.3 Å². The van der Waals surface area contributed by atoms with Gasteiger partial charge in [-0.2, -0.15) is 0 Å². The van der Waals surface area contributed by atoms with E-state index in [0.29, 0.717) is 24.5 Å². The highest BCUT2D eigenvalue weighted by Gasteiger charge is 2.33. The van der Waals surface area contributed by atoms with Crippen molar-refractivity contribution in [3.63, 3.8) is 0 Å². The molecule has 3 aromatic rings. The Morgan fingerprint density at radius 1 is 0.909 bits per heavy atom. The number of hydrogen-bond donors (Lipinski definition) is 1. The molecule has 0 saturated heterocycles. The molecule has 0 heterocycles. The topological polar surface area (TPSA) is 114 Å². The summed E-state index contributed by atoms with van der Waals surface area (Å²) in [7, 11) is -1.45. The Morgan fingerprint density at radius 2 is 1.55 bits per heavy atom.